The van der Waals surface area contributed by atoms with Crippen LogP contribution in [-0.4, -0.2) is 50.2 Å². The molecule has 0 fully saturated rings. The van der Waals surface area contributed by atoms with Crippen molar-refractivity contribution in [3.05, 3.63) is 65.7 Å². The summed E-state index contributed by atoms with van der Waals surface area (Å²) in [4.78, 5) is 0. The Morgan fingerprint density at radius 2 is 1.40 bits per heavy atom. The van der Waals surface area contributed by atoms with Crippen molar-refractivity contribution in [2.24, 2.45) is 0 Å². The smallest absolute Gasteiger partial charge is 0.306 e. The lowest BCUT2D eigenvalue weighted by atomic mass is 9.93. The first kappa shape index (κ1) is 30.8. The van der Waals surface area contributed by atoms with Crippen LogP contribution in [0.3, 0.4) is 0 Å². The molecule has 0 radical (unpaired) electrons. The first-order chi connectivity index (χ1) is 18.7. The molecule has 0 amide bonds. The molecule has 40 heavy (non-hydrogen) atoms. The summed E-state index contributed by atoms with van der Waals surface area (Å²) in [6.07, 6.45) is 4.64. The molecule has 3 aromatic carbocycles. The summed E-state index contributed by atoms with van der Waals surface area (Å²) in [6.45, 7) is 6.20. The normalized spacial score (nSPS) is 11.5. The van der Waals surface area contributed by atoms with Crippen molar-refractivity contribution in [2.45, 2.75) is 27.2 Å². The molecular weight excluding hydrogens is 556 g/mol. The number of benzene rings is 3. The summed E-state index contributed by atoms with van der Waals surface area (Å²) in [5.74, 6) is 1.61. The van der Waals surface area contributed by atoms with Gasteiger partial charge in [-0.25, -0.2) is 0 Å². The maximum Gasteiger partial charge on any atom is 0.306 e. The molecule has 11 heteroatoms. The molecule has 0 aliphatic carbocycles. The molecule has 0 saturated heterocycles. The van der Waals surface area contributed by atoms with Crippen LogP contribution in [0.4, 0.5) is 0 Å². The fourth-order valence-electron chi connectivity index (χ4n) is 4.16. The molecule has 0 atom stereocenters. The summed E-state index contributed by atoms with van der Waals surface area (Å²) in [5, 5.41) is 0. The highest BCUT2D eigenvalue weighted by molar-refractivity contribution is 7.86. The predicted molar refractivity (Wildman–Crippen MR) is 156 cm³/mol. The summed E-state index contributed by atoms with van der Waals surface area (Å²) in [7, 11) is -4.41. The largest absolute Gasteiger partial charge is 0.496 e. The minimum Gasteiger partial charge on any atom is -0.496 e. The Morgan fingerprint density at radius 1 is 0.775 bits per heavy atom. The molecular formula is C29H34O9S2. The third-order valence-electron chi connectivity index (χ3n) is 5.72. The zero-order chi connectivity index (χ0) is 29.7. The fraction of sp³-hybridized carbons (Fsp3) is 0.310. The third kappa shape index (κ3) is 8.15. The summed E-state index contributed by atoms with van der Waals surface area (Å²) in [6, 6.07) is 13.4. The van der Waals surface area contributed by atoms with Gasteiger partial charge in [0.15, 0.2) is 11.5 Å². The highest BCUT2D eigenvalue weighted by Crippen LogP contribution is 2.46. The number of methoxy groups -OCH3 is 2. The van der Waals surface area contributed by atoms with E-state index in [4.69, 9.17) is 22.6 Å². The van der Waals surface area contributed by atoms with Crippen LogP contribution in [0.15, 0.2) is 60.2 Å². The van der Waals surface area contributed by atoms with Gasteiger partial charge in [0.1, 0.15) is 17.2 Å². The van der Waals surface area contributed by atoms with Gasteiger partial charge >= 0.3 is 20.2 Å². The maximum absolute atomic E-state index is 12.0. The van der Waals surface area contributed by atoms with Crippen LogP contribution in [0.5, 0.6) is 28.7 Å². The standard InChI is InChI=1S/C29H34O9S2/c1-19(2)9-8-16-36-25-15-12-22(17-26(25)38-40(7,32)33)28-20(3)29(35-5)24(18-27(28)34-4)21-10-13-23(14-11-21)37-39(6,30)31/h9-15,17-18H,8,16H2,1-7H3. The van der Waals surface area contributed by atoms with E-state index in [9.17, 15) is 16.8 Å². The van der Waals surface area contributed by atoms with Crippen LogP contribution in [0, 0.1) is 6.92 Å². The lowest BCUT2D eigenvalue weighted by Gasteiger charge is -2.20. The van der Waals surface area contributed by atoms with E-state index in [1.54, 1.807) is 55.6 Å². The summed E-state index contributed by atoms with van der Waals surface area (Å²) >= 11 is 0. The highest BCUT2D eigenvalue weighted by Gasteiger charge is 2.22. The predicted octanol–water partition coefficient (Wildman–Crippen LogP) is 5.76. The first-order valence-corrected chi connectivity index (χ1v) is 15.9. The van der Waals surface area contributed by atoms with Crippen molar-refractivity contribution in [3.63, 3.8) is 0 Å². The molecule has 0 unspecified atom stereocenters. The van der Waals surface area contributed by atoms with Crippen molar-refractivity contribution in [2.75, 3.05) is 33.3 Å². The fourth-order valence-corrected chi connectivity index (χ4v) is 5.08. The van der Waals surface area contributed by atoms with Crippen molar-refractivity contribution < 1.29 is 39.4 Å². The Hall–Kier alpha value is -3.70. The van der Waals surface area contributed by atoms with Gasteiger partial charge in [0.2, 0.25) is 0 Å². The van der Waals surface area contributed by atoms with Gasteiger partial charge in [-0.05, 0) is 68.7 Å². The summed E-state index contributed by atoms with van der Waals surface area (Å²) in [5.41, 5.74) is 4.65. The van der Waals surface area contributed by atoms with Crippen LogP contribution in [0.25, 0.3) is 22.3 Å². The van der Waals surface area contributed by atoms with Gasteiger partial charge in [-0.2, -0.15) is 16.8 Å². The molecule has 0 aliphatic rings. The van der Waals surface area contributed by atoms with Gasteiger partial charge in [-0.1, -0.05) is 29.8 Å². The Bertz CT molecular complexity index is 1600. The van der Waals surface area contributed by atoms with E-state index in [1.807, 2.05) is 26.8 Å². The highest BCUT2D eigenvalue weighted by atomic mass is 32.2. The van der Waals surface area contributed by atoms with Gasteiger partial charge in [0.25, 0.3) is 0 Å². The molecule has 0 aliphatic heterocycles. The van der Waals surface area contributed by atoms with Gasteiger partial charge < -0.3 is 22.6 Å². The molecule has 0 bridgehead atoms. The van der Waals surface area contributed by atoms with Crippen molar-refractivity contribution >= 4 is 20.2 Å². The van der Waals surface area contributed by atoms with E-state index >= 15 is 0 Å². The lowest BCUT2D eigenvalue weighted by molar-refractivity contribution is 0.314. The van der Waals surface area contributed by atoms with Crippen LogP contribution in [0.1, 0.15) is 25.8 Å². The van der Waals surface area contributed by atoms with E-state index in [-0.39, 0.29) is 11.5 Å². The third-order valence-corrected chi connectivity index (χ3v) is 6.70. The van der Waals surface area contributed by atoms with Crippen LogP contribution < -0.4 is 22.6 Å². The topological polar surface area (TPSA) is 114 Å². The Morgan fingerprint density at radius 3 is 1.95 bits per heavy atom. The zero-order valence-electron chi connectivity index (χ0n) is 23.6. The quantitative estimate of drug-likeness (QED) is 0.148. The number of hydrogen-bond donors (Lipinski definition) is 0. The first-order valence-electron chi connectivity index (χ1n) is 12.3. The average molecular weight is 591 g/mol. The van der Waals surface area contributed by atoms with Gasteiger partial charge in [0, 0.05) is 16.7 Å². The number of ether oxygens (including phenoxy) is 3. The minimum atomic E-state index is -3.83. The summed E-state index contributed by atoms with van der Waals surface area (Å²) < 4.78 is 74.6. The van der Waals surface area contributed by atoms with E-state index in [1.165, 1.54) is 7.11 Å². The second kappa shape index (κ2) is 12.6. The average Bonchev–Trinajstić information content (AvgIpc) is 2.85. The van der Waals surface area contributed by atoms with E-state index in [0.717, 1.165) is 29.2 Å². The monoisotopic (exact) mass is 590 g/mol. The van der Waals surface area contributed by atoms with E-state index < -0.39 is 20.2 Å². The van der Waals surface area contributed by atoms with Gasteiger partial charge in [-0.15, -0.1) is 0 Å². The Labute approximate surface area is 236 Å². The molecule has 0 aromatic heterocycles. The number of rotatable bonds is 12. The van der Waals surface area contributed by atoms with E-state index in [2.05, 4.69) is 0 Å². The van der Waals surface area contributed by atoms with Crippen LogP contribution in [0.2, 0.25) is 0 Å². The minimum absolute atomic E-state index is 0.0585. The SMILES string of the molecule is COc1cc(-c2ccc(OS(C)(=O)=O)cc2)c(OC)c(C)c1-c1ccc(OCCC=C(C)C)c(OS(C)(=O)=O)c1. The molecule has 0 saturated carbocycles. The van der Waals surface area contributed by atoms with E-state index in [0.29, 0.717) is 47.0 Å². The van der Waals surface area contributed by atoms with Crippen LogP contribution in [-0.2, 0) is 20.2 Å². The number of allylic oxidation sites excluding steroid dienone is 1. The maximum atomic E-state index is 12.0. The van der Waals surface area contributed by atoms with Gasteiger partial charge in [0.05, 0.1) is 33.3 Å². The second-order valence-electron chi connectivity index (χ2n) is 9.34. The van der Waals surface area contributed by atoms with Gasteiger partial charge in [-0.3, -0.25) is 0 Å². The molecule has 3 rings (SSSR count). The molecule has 0 N–H and O–H groups in total. The molecule has 3 aromatic rings. The number of hydrogen-bond acceptors (Lipinski definition) is 9. The molecule has 216 valence electrons. The van der Waals surface area contributed by atoms with Crippen molar-refractivity contribution in [1.29, 1.82) is 0 Å². The van der Waals surface area contributed by atoms with Crippen molar-refractivity contribution in [1.82, 2.24) is 0 Å². The zero-order valence-corrected chi connectivity index (χ0v) is 25.2. The van der Waals surface area contributed by atoms with Crippen molar-refractivity contribution in [3.8, 4) is 51.0 Å². The Balaban J connectivity index is 2.10. The Kier molecular flexibility index (Phi) is 9.75. The molecule has 0 spiro atoms. The second-order valence-corrected chi connectivity index (χ2v) is 12.5. The molecule has 9 nitrogen and oxygen atoms in total. The van der Waals surface area contributed by atoms with Crippen LogP contribution >= 0.6 is 0 Å². The molecule has 0 heterocycles. The lowest BCUT2D eigenvalue weighted by Crippen LogP contribution is -2.08.